The lowest BCUT2D eigenvalue weighted by Crippen LogP contribution is -2.45. The molecular weight excluding hydrogens is 324 g/mol. The summed E-state index contributed by atoms with van der Waals surface area (Å²) < 4.78 is 10.8. The van der Waals surface area contributed by atoms with Crippen LogP contribution in [0.25, 0.3) is 0 Å². The first-order chi connectivity index (χ1) is 11.7. The number of amides is 2. The number of carbonyl (C=O) groups is 1. The molecule has 1 heterocycles. The summed E-state index contributed by atoms with van der Waals surface area (Å²) in [6, 6.07) is 6.19. The Morgan fingerprint density at radius 2 is 2.00 bits per heavy atom. The van der Waals surface area contributed by atoms with Gasteiger partial charge in [0.15, 0.2) is 0 Å². The van der Waals surface area contributed by atoms with Crippen LogP contribution < -0.4 is 14.8 Å². The fourth-order valence-corrected chi connectivity index (χ4v) is 4.74. The molecule has 24 heavy (non-hydrogen) atoms. The highest BCUT2D eigenvalue weighted by Crippen LogP contribution is 2.43. The summed E-state index contributed by atoms with van der Waals surface area (Å²) in [4.78, 5) is 14.7. The van der Waals surface area contributed by atoms with Gasteiger partial charge in [0, 0.05) is 30.0 Å². The molecule has 2 fully saturated rings. The number of urea groups is 1. The molecule has 1 N–H and O–H groups in total. The minimum atomic E-state index is -0.00514. The molecule has 1 saturated heterocycles. The number of rotatable bonds is 4. The van der Waals surface area contributed by atoms with Gasteiger partial charge in [-0.1, -0.05) is 19.3 Å². The maximum atomic E-state index is 12.8. The van der Waals surface area contributed by atoms with Crippen LogP contribution in [-0.4, -0.2) is 43.5 Å². The van der Waals surface area contributed by atoms with E-state index in [1.54, 1.807) is 26.0 Å². The zero-order valence-corrected chi connectivity index (χ0v) is 15.2. The first kappa shape index (κ1) is 17.3. The minimum absolute atomic E-state index is 0.00514. The lowest BCUT2D eigenvalue weighted by atomic mass is 9.96. The molecule has 6 heteroatoms. The van der Waals surface area contributed by atoms with Gasteiger partial charge in [0.1, 0.15) is 16.9 Å². The molecule has 1 atom stereocenters. The summed E-state index contributed by atoms with van der Waals surface area (Å²) in [6.07, 6.45) is 5.93. The van der Waals surface area contributed by atoms with Crippen molar-refractivity contribution in [1.82, 2.24) is 10.2 Å². The normalized spacial score (nSPS) is 21.6. The quantitative estimate of drug-likeness (QED) is 0.897. The van der Waals surface area contributed by atoms with Crippen LogP contribution in [-0.2, 0) is 0 Å². The third kappa shape index (κ3) is 3.74. The van der Waals surface area contributed by atoms with Crippen molar-refractivity contribution < 1.29 is 14.3 Å². The Balaban J connectivity index is 1.74. The number of thioether (sulfide) groups is 1. The summed E-state index contributed by atoms with van der Waals surface area (Å²) in [5, 5.41) is 3.22. The Bertz CT molecular complexity index is 575. The Hall–Kier alpha value is -1.56. The molecule has 2 amide bonds. The molecule has 0 spiro atoms. The van der Waals surface area contributed by atoms with E-state index in [1.165, 1.54) is 19.3 Å². The van der Waals surface area contributed by atoms with Crippen LogP contribution in [0.2, 0.25) is 0 Å². The van der Waals surface area contributed by atoms with Crippen LogP contribution in [0.3, 0.4) is 0 Å². The van der Waals surface area contributed by atoms with E-state index >= 15 is 0 Å². The average molecular weight is 350 g/mol. The topological polar surface area (TPSA) is 50.8 Å². The van der Waals surface area contributed by atoms with Crippen molar-refractivity contribution in [1.29, 1.82) is 0 Å². The Morgan fingerprint density at radius 1 is 1.21 bits per heavy atom. The number of nitrogens with one attached hydrogen (secondary N) is 1. The molecule has 1 aromatic rings. The van der Waals surface area contributed by atoms with Gasteiger partial charge < -0.3 is 19.7 Å². The van der Waals surface area contributed by atoms with E-state index in [4.69, 9.17) is 9.47 Å². The van der Waals surface area contributed by atoms with Gasteiger partial charge in [-0.05, 0) is 25.0 Å². The molecule has 2 aliphatic rings. The highest BCUT2D eigenvalue weighted by atomic mass is 32.2. The zero-order valence-electron chi connectivity index (χ0n) is 14.4. The SMILES string of the molecule is COc1ccc(C2SCCN2C(=O)NC2CCCCC2)c(OC)c1. The van der Waals surface area contributed by atoms with E-state index in [0.717, 1.165) is 42.2 Å². The molecule has 3 rings (SSSR count). The van der Waals surface area contributed by atoms with Crippen molar-refractivity contribution in [3.8, 4) is 11.5 Å². The summed E-state index contributed by atoms with van der Waals surface area (Å²) in [7, 11) is 3.30. The van der Waals surface area contributed by atoms with Crippen LogP contribution in [0.15, 0.2) is 18.2 Å². The summed E-state index contributed by atoms with van der Waals surface area (Å²) in [6.45, 7) is 0.767. The van der Waals surface area contributed by atoms with Gasteiger partial charge in [-0.25, -0.2) is 4.79 Å². The molecule has 5 nitrogen and oxygen atoms in total. The number of nitrogens with zero attached hydrogens (tertiary/aromatic N) is 1. The van der Waals surface area contributed by atoms with Gasteiger partial charge in [0.2, 0.25) is 0 Å². The molecule has 1 aliphatic carbocycles. The molecule has 1 saturated carbocycles. The molecule has 1 aromatic carbocycles. The van der Waals surface area contributed by atoms with E-state index in [-0.39, 0.29) is 11.4 Å². The van der Waals surface area contributed by atoms with Crippen molar-refractivity contribution in [2.24, 2.45) is 0 Å². The highest BCUT2D eigenvalue weighted by Gasteiger charge is 2.33. The van der Waals surface area contributed by atoms with Crippen LogP contribution in [0.4, 0.5) is 4.79 Å². The summed E-state index contributed by atoms with van der Waals surface area (Å²) >= 11 is 1.78. The second-order valence-electron chi connectivity index (χ2n) is 6.31. The van der Waals surface area contributed by atoms with Gasteiger partial charge in [0.25, 0.3) is 0 Å². The molecule has 0 radical (unpaired) electrons. The van der Waals surface area contributed by atoms with Crippen molar-refractivity contribution in [3.05, 3.63) is 23.8 Å². The number of hydrogen-bond acceptors (Lipinski definition) is 4. The van der Waals surface area contributed by atoms with E-state index in [1.807, 2.05) is 23.1 Å². The standard InChI is InChI=1S/C18H26N2O3S/c1-22-14-8-9-15(16(12-14)23-2)17-20(10-11-24-17)18(21)19-13-6-4-3-5-7-13/h8-9,12-13,17H,3-7,10-11H2,1-2H3,(H,19,21). The van der Waals surface area contributed by atoms with Crippen LogP contribution in [0.1, 0.15) is 43.0 Å². The predicted molar refractivity (Wildman–Crippen MR) is 96.9 cm³/mol. The lowest BCUT2D eigenvalue weighted by Gasteiger charge is -2.29. The molecular formula is C18H26N2O3S. The molecule has 1 unspecified atom stereocenters. The van der Waals surface area contributed by atoms with Crippen molar-refractivity contribution in [3.63, 3.8) is 0 Å². The van der Waals surface area contributed by atoms with Crippen LogP contribution in [0.5, 0.6) is 11.5 Å². The largest absolute Gasteiger partial charge is 0.497 e. The fourth-order valence-electron chi connectivity index (χ4n) is 3.46. The van der Waals surface area contributed by atoms with E-state index in [0.29, 0.717) is 6.04 Å². The number of hydrogen-bond donors (Lipinski definition) is 1. The number of carbonyl (C=O) groups excluding carboxylic acids is 1. The first-order valence-corrected chi connectivity index (χ1v) is 9.68. The van der Waals surface area contributed by atoms with E-state index < -0.39 is 0 Å². The molecule has 0 bridgehead atoms. The van der Waals surface area contributed by atoms with Gasteiger partial charge in [-0.15, -0.1) is 11.8 Å². The monoisotopic (exact) mass is 350 g/mol. The molecule has 0 aromatic heterocycles. The van der Waals surface area contributed by atoms with E-state index in [9.17, 15) is 4.79 Å². The van der Waals surface area contributed by atoms with Gasteiger partial charge in [-0.2, -0.15) is 0 Å². The third-order valence-electron chi connectivity index (χ3n) is 4.79. The van der Waals surface area contributed by atoms with Crippen LogP contribution in [0, 0.1) is 0 Å². The minimum Gasteiger partial charge on any atom is -0.497 e. The highest BCUT2D eigenvalue weighted by molar-refractivity contribution is 7.99. The van der Waals surface area contributed by atoms with Crippen molar-refractivity contribution >= 4 is 17.8 Å². The second kappa shape index (κ2) is 8.01. The predicted octanol–water partition coefficient (Wildman–Crippen LogP) is 3.79. The number of methoxy groups -OCH3 is 2. The zero-order chi connectivity index (χ0) is 16.9. The van der Waals surface area contributed by atoms with E-state index in [2.05, 4.69) is 5.32 Å². The molecule has 132 valence electrons. The Morgan fingerprint density at radius 3 is 2.71 bits per heavy atom. The first-order valence-electron chi connectivity index (χ1n) is 8.63. The number of benzene rings is 1. The maximum absolute atomic E-state index is 12.8. The molecule has 1 aliphatic heterocycles. The van der Waals surface area contributed by atoms with Gasteiger partial charge in [0.05, 0.1) is 14.2 Å². The lowest BCUT2D eigenvalue weighted by molar-refractivity contribution is 0.191. The Kier molecular flexibility index (Phi) is 5.76. The van der Waals surface area contributed by atoms with Crippen molar-refractivity contribution in [2.45, 2.75) is 43.5 Å². The summed E-state index contributed by atoms with van der Waals surface area (Å²) in [5.41, 5.74) is 1.03. The maximum Gasteiger partial charge on any atom is 0.318 e. The Labute approximate surface area is 148 Å². The second-order valence-corrected chi connectivity index (χ2v) is 7.50. The van der Waals surface area contributed by atoms with Crippen molar-refractivity contribution in [2.75, 3.05) is 26.5 Å². The van der Waals surface area contributed by atoms with Gasteiger partial charge in [-0.3, -0.25) is 0 Å². The summed E-state index contributed by atoms with van der Waals surface area (Å²) in [5.74, 6) is 2.47. The van der Waals surface area contributed by atoms with Gasteiger partial charge >= 0.3 is 6.03 Å². The van der Waals surface area contributed by atoms with Crippen LogP contribution >= 0.6 is 11.8 Å². The number of ether oxygens (including phenoxy) is 2. The average Bonchev–Trinajstić information content (AvgIpc) is 3.11. The fraction of sp³-hybridized carbons (Fsp3) is 0.611. The third-order valence-corrected chi connectivity index (χ3v) is 6.03. The smallest absolute Gasteiger partial charge is 0.318 e.